The summed E-state index contributed by atoms with van der Waals surface area (Å²) in [6.45, 7) is 6.25. The zero-order valence-corrected chi connectivity index (χ0v) is 18.9. The lowest BCUT2D eigenvalue weighted by Gasteiger charge is -2.34. The molecule has 0 aliphatic carbocycles. The molecule has 7 heteroatoms. The summed E-state index contributed by atoms with van der Waals surface area (Å²) in [4.78, 5) is 39.8. The van der Waals surface area contributed by atoms with Crippen LogP contribution in [0.25, 0.3) is 0 Å². The van der Waals surface area contributed by atoms with Gasteiger partial charge in [-0.15, -0.1) is 0 Å². The van der Waals surface area contributed by atoms with Crippen LogP contribution in [0.1, 0.15) is 49.0 Å². The molecule has 0 fully saturated rings. The van der Waals surface area contributed by atoms with Crippen LogP contribution in [0.2, 0.25) is 0 Å². The Morgan fingerprint density at radius 3 is 2.47 bits per heavy atom. The topological polar surface area (TPSA) is 87.7 Å². The summed E-state index contributed by atoms with van der Waals surface area (Å²) in [7, 11) is 0. The van der Waals surface area contributed by atoms with Crippen molar-refractivity contribution in [1.82, 2.24) is 10.6 Å². The van der Waals surface area contributed by atoms with E-state index in [4.69, 9.17) is 4.74 Å². The Labute approximate surface area is 189 Å². The SMILES string of the molecule is CCC(CC)NC(=O)C1CN(C(=O)CCNC(=O)c2ccccc2C)c2ccccc2O1. The molecule has 1 heterocycles. The van der Waals surface area contributed by atoms with Gasteiger partial charge in [-0.2, -0.15) is 0 Å². The highest BCUT2D eigenvalue weighted by Gasteiger charge is 2.34. The van der Waals surface area contributed by atoms with E-state index in [0.29, 0.717) is 17.0 Å². The quantitative estimate of drug-likeness (QED) is 0.664. The molecule has 0 saturated heterocycles. The number of nitrogens with zero attached hydrogens (tertiary/aromatic N) is 1. The Morgan fingerprint density at radius 2 is 1.75 bits per heavy atom. The van der Waals surface area contributed by atoms with E-state index in [1.165, 1.54) is 0 Å². The van der Waals surface area contributed by atoms with Gasteiger partial charge in [0.05, 0.1) is 12.2 Å². The summed E-state index contributed by atoms with van der Waals surface area (Å²) < 4.78 is 5.90. The van der Waals surface area contributed by atoms with Crippen LogP contribution in [0.4, 0.5) is 5.69 Å². The predicted octanol–water partition coefficient (Wildman–Crippen LogP) is 3.21. The third-order valence-electron chi connectivity index (χ3n) is 5.71. The van der Waals surface area contributed by atoms with Gasteiger partial charge in [-0.3, -0.25) is 14.4 Å². The molecule has 0 saturated carbocycles. The molecule has 1 atom stereocenters. The first-order valence-electron chi connectivity index (χ1n) is 11.1. The van der Waals surface area contributed by atoms with Gasteiger partial charge in [0.2, 0.25) is 5.91 Å². The third kappa shape index (κ3) is 5.46. The Bertz CT molecular complexity index is 971. The Kier molecular flexibility index (Phi) is 7.87. The van der Waals surface area contributed by atoms with E-state index in [-0.39, 0.29) is 43.3 Å². The van der Waals surface area contributed by atoms with Gasteiger partial charge in [-0.05, 0) is 43.5 Å². The zero-order valence-electron chi connectivity index (χ0n) is 18.9. The van der Waals surface area contributed by atoms with Crippen LogP contribution in [0.15, 0.2) is 48.5 Å². The monoisotopic (exact) mass is 437 g/mol. The number of hydrogen-bond acceptors (Lipinski definition) is 4. The smallest absolute Gasteiger partial charge is 0.263 e. The van der Waals surface area contributed by atoms with Gasteiger partial charge in [0.1, 0.15) is 5.75 Å². The van der Waals surface area contributed by atoms with Crippen LogP contribution >= 0.6 is 0 Å². The van der Waals surface area contributed by atoms with Crippen molar-refractivity contribution >= 4 is 23.4 Å². The lowest BCUT2D eigenvalue weighted by Crippen LogP contribution is -2.52. The Balaban J connectivity index is 1.65. The van der Waals surface area contributed by atoms with Crippen LogP contribution in [0.5, 0.6) is 5.75 Å². The summed E-state index contributed by atoms with van der Waals surface area (Å²) in [6, 6.07) is 14.6. The van der Waals surface area contributed by atoms with E-state index in [1.807, 2.05) is 51.1 Å². The molecule has 2 aromatic rings. The molecule has 7 nitrogen and oxygen atoms in total. The minimum Gasteiger partial charge on any atom is -0.477 e. The molecule has 0 radical (unpaired) electrons. The first-order valence-corrected chi connectivity index (χ1v) is 11.1. The number of hydrogen-bond donors (Lipinski definition) is 2. The fourth-order valence-electron chi connectivity index (χ4n) is 3.73. The van der Waals surface area contributed by atoms with Crippen LogP contribution in [0.3, 0.4) is 0 Å². The lowest BCUT2D eigenvalue weighted by molar-refractivity contribution is -0.129. The third-order valence-corrected chi connectivity index (χ3v) is 5.71. The number of para-hydroxylation sites is 2. The standard InChI is InChI=1S/C25H31N3O4/c1-4-18(5-2)27-25(31)22-16-28(20-12-8-9-13-21(20)32-22)23(29)14-15-26-24(30)19-11-7-6-10-17(19)3/h6-13,18,22H,4-5,14-16H2,1-3H3,(H,26,30)(H,27,31). The number of carbonyl (C=O) groups is 3. The van der Waals surface area contributed by atoms with Gasteiger partial charge in [0, 0.05) is 24.6 Å². The molecule has 2 aromatic carbocycles. The molecule has 1 aliphatic rings. The Hall–Kier alpha value is -3.35. The number of aryl methyl sites for hydroxylation is 1. The van der Waals surface area contributed by atoms with Gasteiger partial charge < -0.3 is 20.3 Å². The number of benzene rings is 2. The molecule has 1 aliphatic heterocycles. The number of anilines is 1. The van der Waals surface area contributed by atoms with Gasteiger partial charge in [-0.25, -0.2) is 0 Å². The van der Waals surface area contributed by atoms with Gasteiger partial charge >= 0.3 is 0 Å². The normalized spacial score (nSPS) is 15.0. The van der Waals surface area contributed by atoms with E-state index in [1.54, 1.807) is 23.1 Å². The molecular formula is C25H31N3O4. The molecule has 170 valence electrons. The maximum absolute atomic E-state index is 13.0. The molecule has 1 unspecified atom stereocenters. The van der Waals surface area contributed by atoms with Crippen molar-refractivity contribution in [2.45, 2.75) is 52.2 Å². The highest BCUT2D eigenvalue weighted by Crippen LogP contribution is 2.33. The average molecular weight is 438 g/mol. The van der Waals surface area contributed by atoms with Gasteiger partial charge in [-0.1, -0.05) is 44.2 Å². The predicted molar refractivity (Wildman–Crippen MR) is 124 cm³/mol. The van der Waals surface area contributed by atoms with Crippen molar-refractivity contribution in [3.8, 4) is 5.75 Å². The first-order chi connectivity index (χ1) is 15.4. The van der Waals surface area contributed by atoms with Crippen LogP contribution < -0.4 is 20.3 Å². The number of nitrogens with one attached hydrogen (secondary N) is 2. The van der Waals surface area contributed by atoms with Crippen molar-refractivity contribution in [2.75, 3.05) is 18.0 Å². The van der Waals surface area contributed by atoms with Gasteiger partial charge in [0.25, 0.3) is 11.8 Å². The minimum absolute atomic E-state index is 0.0732. The molecule has 3 rings (SSSR count). The van der Waals surface area contributed by atoms with Crippen molar-refractivity contribution in [3.63, 3.8) is 0 Å². The maximum atomic E-state index is 13.0. The summed E-state index contributed by atoms with van der Waals surface area (Å²) in [5.41, 5.74) is 2.11. The van der Waals surface area contributed by atoms with E-state index < -0.39 is 6.10 Å². The Morgan fingerprint density at radius 1 is 1.06 bits per heavy atom. The summed E-state index contributed by atoms with van der Waals surface area (Å²) in [6.07, 6.45) is 0.993. The van der Waals surface area contributed by atoms with Crippen molar-refractivity contribution < 1.29 is 19.1 Å². The lowest BCUT2D eigenvalue weighted by atomic mass is 10.1. The van der Waals surface area contributed by atoms with E-state index in [9.17, 15) is 14.4 Å². The minimum atomic E-state index is -0.781. The average Bonchev–Trinajstić information content (AvgIpc) is 2.81. The van der Waals surface area contributed by atoms with Crippen LogP contribution in [-0.2, 0) is 9.59 Å². The fraction of sp³-hybridized carbons (Fsp3) is 0.400. The first kappa shape index (κ1) is 23.3. The molecule has 32 heavy (non-hydrogen) atoms. The zero-order chi connectivity index (χ0) is 23.1. The molecule has 3 amide bonds. The number of rotatable bonds is 8. The van der Waals surface area contributed by atoms with Gasteiger partial charge in [0.15, 0.2) is 6.10 Å². The molecule has 0 bridgehead atoms. The molecule has 0 spiro atoms. The molecule has 2 N–H and O–H groups in total. The number of fused-ring (bicyclic) bond motifs is 1. The highest BCUT2D eigenvalue weighted by molar-refractivity contribution is 5.98. The second kappa shape index (κ2) is 10.8. The number of carbonyl (C=O) groups excluding carboxylic acids is 3. The highest BCUT2D eigenvalue weighted by atomic mass is 16.5. The summed E-state index contributed by atoms with van der Waals surface area (Å²) in [5, 5.41) is 5.81. The number of ether oxygens (including phenoxy) is 1. The van der Waals surface area contributed by atoms with Crippen molar-refractivity contribution in [3.05, 3.63) is 59.7 Å². The second-order valence-electron chi connectivity index (χ2n) is 7.92. The van der Waals surface area contributed by atoms with Crippen LogP contribution in [0, 0.1) is 6.92 Å². The van der Waals surface area contributed by atoms with Crippen molar-refractivity contribution in [2.24, 2.45) is 0 Å². The fourth-order valence-corrected chi connectivity index (χ4v) is 3.73. The summed E-state index contributed by atoms with van der Waals surface area (Å²) in [5.74, 6) is -0.105. The van der Waals surface area contributed by atoms with Crippen molar-refractivity contribution in [1.29, 1.82) is 0 Å². The van der Waals surface area contributed by atoms with Crippen LogP contribution in [-0.4, -0.2) is 43.0 Å². The largest absolute Gasteiger partial charge is 0.477 e. The second-order valence-corrected chi connectivity index (χ2v) is 7.92. The molecular weight excluding hydrogens is 406 g/mol. The van der Waals surface area contributed by atoms with E-state index in [2.05, 4.69) is 10.6 Å². The van der Waals surface area contributed by atoms with E-state index >= 15 is 0 Å². The van der Waals surface area contributed by atoms with E-state index in [0.717, 1.165) is 18.4 Å². The maximum Gasteiger partial charge on any atom is 0.263 e. The summed E-state index contributed by atoms with van der Waals surface area (Å²) >= 11 is 0. The number of amides is 3. The molecule has 0 aromatic heterocycles.